The first-order chi connectivity index (χ1) is 13.6. The number of amidine groups is 1. The fourth-order valence-electron chi connectivity index (χ4n) is 3.09. The lowest BCUT2D eigenvalue weighted by Crippen LogP contribution is -2.29. The van der Waals surface area contributed by atoms with Crippen molar-refractivity contribution in [3.05, 3.63) is 58.5 Å². The highest BCUT2D eigenvalue weighted by Crippen LogP contribution is 2.49. The summed E-state index contributed by atoms with van der Waals surface area (Å²) in [7, 11) is 2.01. The van der Waals surface area contributed by atoms with E-state index in [1.165, 1.54) is 16.7 Å². The van der Waals surface area contributed by atoms with Crippen LogP contribution in [0.1, 0.15) is 13.8 Å². The van der Waals surface area contributed by atoms with Crippen LogP contribution in [-0.2, 0) is 4.79 Å². The zero-order valence-corrected chi connectivity index (χ0v) is 17.6. The van der Waals surface area contributed by atoms with Gasteiger partial charge in [-0.2, -0.15) is 0 Å². The number of carbonyl (C=O) groups is 1. The minimum Gasteiger partial charge on any atom is -0.494 e. The van der Waals surface area contributed by atoms with Crippen LogP contribution in [0.4, 0.5) is 11.4 Å². The molecule has 2 aliphatic rings. The molecule has 1 fully saturated rings. The first kappa shape index (κ1) is 19.0. The molecule has 0 unspecified atom stereocenters. The van der Waals surface area contributed by atoms with Crippen molar-refractivity contribution >= 4 is 46.0 Å². The molecule has 0 spiro atoms. The summed E-state index contributed by atoms with van der Waals surface area (Å²) in [5.74, 6) is 0.831. The van der Waals surface area contributed by atoms with Crippen molar-refractivity contribution in [2.24, 2.45) is 4.99 Å². The van der Waals surface area contributed by atoms with Crippen LogP contribution in [-0.4, -0.2) is 36.2 Å². The third-order valence-electron chi connectivity index (χ3n) is 4.48. The predicted molar refractivity (Wildman–Crippen MR) is 117 cm³/mol. The molecule has 1 amide bonds. The average molecular weight is 412 g/mol. The van der Waals surface area contributed by atoms with Gasteiger partial charge in [0.15, 0.2) is 5.17 Å². The Hall–Kier alpha value is -2.38. The number of anilines is 1. The largest absolute Gasteiger partial charge is 0.494 e. The Balaban J connectivity index is 1.66. The Morgan fingerprint density at radius 2 is 1.79 bits per heavy atom. The number of hydrogen-bond donors (Lipinski definition) is 0. The number of ether oxygens (including phenoxy) is 1. The first-order valence-electron chi connectivity index (χ1n) is 9.18. The van der Waals surface area contributed by atoms with Gasteiger partial charge in [0.2, 0.25) is 0 Å². The summed E-state index contributed by atoms with van der Waals surface area (Å²) in [4.78, 5) is 23.5. The summed E-state index contributed by atoms with van der Waals surface area (Å²) in [5, 5.41) is 1.68. The molecule has 144 valence electrons. The number of fused-ring (bicyclic) bond motifs is 1. The molecule has 7 heteroatoms. The summed E-state index contributed by atoms with van der Waals surface area (Å²) in [6.07, 6.45) is 0. The molecule has 0 atom stereocenters. The molecule has 5 nitrogen and oxygen atoms in total. The van der Waals surface area contributed by atoms with E-state index < -0.39 is 0 Å². The fraction of sp³-hybridized carbons (Fsp3) is 0.238. The number of likely N-dealkylation sites (N-methyl/N-ethyl adjacent to an activating group) is 1. The van der Waals surface area contributed by atoms with Crippen LogP contribution < -0.4 is 9.64 Å². The van der Waals surface area contributed by atoms with E-state index in [2.05, 4.69) is 17.0 Å². The molecule has 0 N–H and O–H groups in total. The van der Waals surface area contributed by atoms with Gasteiger partial charge in [-0.25, -0.2) is 4.99 Å². The van der Waals surface area contributed by atoms with Gasteiger partial charge in [0.25, 0.3) is 5.91 Å². The van der Waals surface area contributed by atoms with Crippen LogP contribution in [0.15, 0.2) is 68.4 Å². The summed E-state index contributed by atoms with van der Waals surface area (Å²) in [5.41, 5.74) is 1.93. The van der Waals surface area contributed by atoms with Crippen molar-refractivity contribution in [2.45, 2.75) is 18.7 Å². The number of rotatable bonds is 4. The molecule has 2 aliphatic heterocycles. The van der Waals surface area contributed by atoms with Gasteiger partial charge < -0.3 is 9.64 Å². The molecule has 28 heavy (non-hydrogen) atoms. The van der Waals surface area contributed by atoms with Gasteiger partial charge in [-0.3, -0.25) is 9.69 Å². The second kappa shape index (κ2) is 7.93. The SMILES string of the molecule is CCOc1ccc(N=C2SC(=C3Sc4ccccc4N3C)C(=O)N2CC)cc1. The van der Waals surface area contributed by atoms with E-state index in [4.69, 9.17) is 9.73 Å². The van der Waals surface area contributed by atoms with E-state index >= 15 is 0 Å². The number of hydrogen-bond acceptors (Lipinski definition) is 6. The molecule has 2 aromatic carbocycles. The van der Waals surface area contributed by atoms with Crippen LogP contribution >= 0.6 is 23.5 Å². The second-order valence-electron chi connectivity index (χ2n) is 6.24. The molecule has 4 rings (SSSR count). The Kier molecular flexibility index (Phi) is 5.37. The Bertz CT molecular complexity index is 970. The number of carbonyl (C=O) groups excluding carboxylic acids is 1. The molecule has 1 saturated heterocycles. The number of thioether (sulfide) groups is 2. The topological polar surface area (TPSA) is 45.1 Å². The zero-order valence-electron chi connectivity index (χ0n) is 16.0. The lowest BCUT2D eigenvalue weighted by Gasteiger charge is -2.15. The number of benzene rings is 2. The van der Waals surface area contributed by atoms with Gasteiger partial charge in [-0.05, 0) is 62.0 Å². The van der Waals surface area contributed by atoms with E-state index in [0.717, 1.165) is 27.1 Å². The van der Waals surface area contributed by atoms with Gasteiger partial charge in [-0.15, -0.1) is 0 Å². The fourth-order valence-corrected chi connectivity index (χ4v) is 5.50. The number of aliphatic imine (C=N–C) groups is 1. The summed E-state index contributed by atoms with van der Waals surface area (Å²) >= 11 is 3.08. The molecule has 0 saturated carbocycles. The smallest absolute Gasteiger partial charge is 0.269 e. The van der Waals surface area contributed by atoms with E-state index in [9.17, 15) is 4.79 Å². The molecule has 0 aliphatic carbocycles. The number of para-hydroxylation sites is 1. The summed E-state index contributed by atoms with van der Waals surface area (Å²) < 4.78 is 5.48. The molecule has 2 aromatic rings. The maximum atomic E-state index is 13.1. The van der Waals surface area contributed by atoms with Crippen LogP contribution in [0.5, 0.6) is 5.75 Å². The Labute approximate surface area is 173 Å². The summed E-state index contributed by atoms with van der Waals surface area (Å²) in [6.45, 7) is 5.14. The van der Waals surface area contributed by atoms with E-state index in [0.29, 0.717) is 18.3 Å². The van der Waals surface area contributed by atoms with Crippen molar-refractivity contribution < 1.29 is 9.53 Å². The van der Waals surface area contributed by atoms with Gasteiger partial charge in [0.1, 0.15) is 10.7 Å². The molecular weight excluding hydrogens is 390 g/mol. The third kappa shape index (κ3) is 3.40. The van der Waals surface area contributed by atoms with Gasteiger partial charge in [0.05, 0.1) is 23.0 Å². The summed E-state index contributed by atoms with van der Waals surface area (Å²) in [6, 6.07) is 15.8. The quantitative estimate of drug-likeness (QED) is 0.657. The van der Waals surface area contributed by atoms with Crippen LogP contribution in [0.2, 0.25) is 0 Å². The number of nitrogens with zero attached hydrogens (tertiary/aromatic N) is 3. The Morgan fingerprint density at radius 3 is 2.46 bits per heavy atom. The van der Waals surface area contributed by atoms with Gasteiger partial charge in [-0.1, -0.05) is 23.9 Å². The van der Waals surface area contributed by atoms with Crippen molar-refractivity contribution in [3.8, 4) is 5.75 Å². The maximum Gasteiger partial charge on any atom is 0.269 e. The van der Waals surface area contributed by atoms with Crippen molar-refractivity contribution in [1.29, 1.82) is 0 Å². The third-order valence-corrected chi connectivity index (χ3v) is 6.92. The number of amides is 1. The van der Waals surface area contributed by atoms with Crippen LogP contribution in [0.3, 0.4) is 0 Å². The predicted octanol–water partition coefficient (Wildman–Crippen LogP) is 5.08. The second-order valence-corrected chi connectivity index (χ2v) is 8.24. The van der Waals surface area contributed by atoms with Crippen LogP contribution in [0, 0.1) is 0 Å². The molecule has 0 bridgehead atoms. The molecule has 0 radical (unpaired) electrons. The van der Waals surface area contributed by atoms with Crippen LogP contribution in [0.25, 0.3) is 0 Å². The molecular formula is C21H21N3O2S2. The highest BCUT2D eigenvalue weighted by molar-refractivity contribution is 8.19. The van der Waals surface area contributed by atoms with Gasteiger partial charge >= 0.3 is 0 Å². The van der Waals surface area contributed by atoms with Crippen molar-refractivity contribution in [1.82, 2.24) is 4.90 Å². The van der Waals surface area contributed by atoms with Gasteiger partial charge in [0, 0.05) is 18.5 Å². The standard InChI is InChI=1S/C21H21N3O2S2/c1-4-24-19(25)18(20-23(3)16-8-6-7-9-17(16)27-20)28-21(24)22-14-10-12-15(13-11-14)26-5-2/h6-13H,4-5H2,1-3H3. The average Bonchev–Trinajstić information content (AvgIpc) is 3.20. The molecule has 0 aromatic heterocycles. The lowest BCUT2D eigenvalue weighted by atomic mass is 10.3. The first-order valence-corrected chi connectivity index (χ1v) is 10.8. The van der Waals surface area contributed by atoms with E-state index in [1.807, 2.05) is 57.3 Å². The minimum absolute atomic E-state index is 0.0133. The Morgan fingerprint density at radius 1 is 1.04 bits per heavy atom. The highest BCUT2D eigenvalue weighted by Gasteiger charge is 2.38. The normalized spacial score (nSPS) is 20.2. The van der Waals surface area contributed by atoms with E-state index in [1.54, 1.807) is 16.7 Å². The van der Waals surface area contributed by atoms with E-state index in [-0.39, 0.29) is 5.91 Å². The monoisotopic (exact) mass is 411 g/mol. The minimum atomic E-state index is 0.0133. The lowest BCUT2D eigenvalue weighted by molar-refractivity contribution is -0.122. The highest BCUT2D eigenvalue weighted by atomic mass is 32.2. The zero-order chi connectivity index (χ0) is 19.7. The maximum absolute atomic E-state index is 13.1. The van der Waals surface area contributed by atoms with Crippen molar-refractivity contribution in [3.63, 3.8) is 0 Å². The molecule has 2 heterocycles. The van der Waals surface area contributed by atoms with Crippen molar-refractivity contribution in [2.75, 3.05) is 25.1 Å².